The molecule has 0 unspecified atom stereocenters. The number of nitrogens with zero attached hydrogens (tertiary/aromatic N) is 2. The summed E-state index contributed by atoms with van der Waals surface area (Å²) in [6.45, 7) is 0. The minimum Gasteiger partial charge on any atom is -0.465 e. The van der Waals surface area contributed by atoms with Gasteiger partial charge in [-0.05, 0) is 30.4 Å². The lowest BCUT2D eigenvalue weighted by Gasteiger charge is -1.99. The second-order valence-electron chi connectivity index (χ2n) is 3.73. The van der Waals surface area contributed by atoms with E-state index in [2.05, 4.69) is 9.72 Å². The summed E-state index contributed by atoms with van der Waals surface area (Å²) in [4.78, 5) is 25.2. The Labute approximate surface area is 113 Å². The summed E-state index contributed by atoms with van der Waals surface area (Å²) in [5.41, 5.74) is 0.875. The van der Waals surface area contributed by atoms with Crippen molar-refractivity contribution in [3.63, 3.8) is 0 Å². The minimum atomic E-state index is -0.618. The van der Waals surface area contributed by atoms with Crippen molar-refractivity contribution in [1.29, 1.82) is 0 Å². The SMILES string of the molecule is COC(=O)c1ccnc(C=Cc2ccc([N+](=O)[O-])o2)c1. The van der Waals surface area contributed by atoms with Gasteiger partial charge < -0.3 is 9.15 Å². The molecule has 0 atom stereocenters. The summed E-state index contributed by atoms with van der Waals surface area (Å²) in [5, 5.41) is 10.5. The van der Waals surface area contributed by atoms with Gasteiger partial charge in [-0.15, -0.1) is 0 Å². The number of pyridine rings is 1. The standard InChI is InChI=1S/C13H10N2O5/c1-19-13(16)9-6-7-14-10(8-9)2-3-11-4-5-12(20-11)15(17)18/h2-8H,1H3. The first-order valence-corrected chi connectivity index (χ1v) is 5.57. The topological polar surface area (TPSA) is 95.5 Å². The summed E-state index contributed by atoms with van der Waals surface area (Å²) in [6, 6.07) is 5.80. The zero-order valence-electron chi connectivity index (χ0n) is 10.5. The van der Waals surface area contributed by atoms with E-state index in [1.54, 1.807) is 12.1 Å². The molecule has 20 heavy (non-hydrogen) atoms. The first kappa shape index (κ1) is 13.5. The van der Waals surface area contributed by atoms with E-state index in [4.69, 9.17) is 4.42 Å². The van der Waals surface area contributed by atoms with Crippen molar-refractivity contribution in [2.75, 3.05) is 7.11 Å². The lowest BCUT2D eigenvalue weighted by molar-refractivity contribution is -0.402. The van der Waals surface area contributed by atoms with E-state index in [1.807, 2.05) is 0 Å². The van der Waals surface area contributed by atoms with Gasteiger partial charge in [0.2, 0.25) is 0 Å². The van der Waals surface area contributed by atoms with Crippen LogP contribution in [0.25, 0.3) is 12.2 Å². The van der Waals surface area contributed by atoms with Gasteiger partial charge in [0.15, 0.2) is 0 Å². The fraction of sp³-hybridized carbons (Fsp3) is 0.0769. The van der Waals surface area contributed by atoms with Crippen molar-refractivity contribution in [2.45, 2.75) is 0 Å². The molecule has 2 rings (SSSR count). The van der Waals surface area contributed by atoms with E-state index >= 15 is 0 Å². The van der Waals surface area contributed by atoms with Crippen molar-refractivity contribution in [1.82, 2.24) is 4.98 Å². The molecule has 102 valence electrons. The highest BCUT2D eigenvalue weighted by Gasteiger charge is 2.10. The van der Waals surface area contributed by atoms with Crippen LogP contribution in [0.1, 0.15) is 21.8 Å². The maximum Gasteiger partial charge on any atom is 0.433 e. The van der Waals surface area contributed by atoms with Gasteiger partial charge in [0.05, 0.1) is 24.4 Å². The molecule has 7 nitrogen and oxygen atoms in total. The first-order chi connectivity index (χ1) is 9.60. The Morgan fingerprint density at radius 3 is 2.85 bits per heavy atom. The number of carbonyl (C=O) groups excluding carboxylic acids is 1. The molecule has 0 aliphatic rings. The number of nitro groups is 1. The first-order valence-electron chi connectivity index (χ1n) is 5.57. The average molecular weight is 274 g/mol. The monoisotopic (exact) mass is 274 g/mol. The molecule has 0 spiro atoms. The van der Waals surface area contributed by atoms with Crippen LogP contribution in [0.4, 0.5) is 5.88 Å². The fourth-order valence-electron chi connectivity index (χ4n) is 1.48. The molecule has 0 aliphatic heterocycles. The van der Waals surface area contributed by atoms with Gasteiger partial charge in [0, 0.05) is 6.20 Å². The number of hydrogen-bond acceptors (Lipinski definition) is 6. The van der Waals surface area contributed by atoms with Crippen LogP contribution in [0.3, 0.4) is 0 Å². The number of methoxy groups -OCH3 is 1. The fourth-order valence-corrected chi connectivity index (χ4v) is 1.48. The van der Waals surface area contributed by atoms with Crippen LogP contribution in [-0.2, 0) is 4.74 Å². The molecule has 0 saturated heterocycles. The largest absolute Gasteiger partial charge is 0.465 e. The highest BCUT2D eigenvalue weighted by atomic mass is 16.6. The van der Waals surface area contributed by atoms with Crippen molar-refractivity contribution in [3.05, 3.63) is 57.6 Å². The highest BCUT2D eigenvalue weighted by molar-refractivity contribution is 5.89. The highest BCUT2D eigenvalue weighted by Crippen LogP contribution is 2.17. The third-order valence-corrected chi connectivity index (χ3v) is 2.41. The van der Waals surface area contributed by atoms with Crippen molar-refractivity contribution >= 4 is 24.0 Å². The summed E-state index contributed by atoms with van der Waals surface area (Å²) < 4.78 is 9.56. The summed E-state index contributed by atoms with van der Waals surface area (Å²) in [6.07, 6.45) is 4.57. The van der Waals surface area contributed by atoms with E-state index in [0.29, 0.717) is 17.0 Å². The summed E-state index contributed by atoms with van der Waals surface area (Å²) in [7, 11) is 1.29. The molecule has 0 bridgehead atoms. The number of carbonyl (C=O) groups is 1. The van der Waals surface area contributed by atoms with Gasteiger partial charge in [0.25, 0.3) is 0 Å². The molecule has 2 aromatic rings. The van der Waals surface area contributed by atoms with Gasteiger partial charge in [-0.25, -0.2) is 4.79 Å². The summed E-state index contributed by atoms with van der Waals surface area (Å²) >= 11 is 0. The van der Waals surface area contributed by atoms with Crippen LogP contribution in [0.15, 0.2) is 34.9 Å². The molecule has 0 N–H and O–H groups in total. The van der Waals surface area contributed by atoms with E-state index in [-0.39, 0.29) is 5.88 Å². The van der Waals surface area contributed by atoms with Crippen molar-refractivity contribution in [2.24, 2.45) is 0 Å². The lowest BCUT2D eigenvalue weighted by atomic mass is 10.2. The molecule has 0 aliphatic carbocycles. The quantitative estimate of drug-likeness (QED) is 0.483. The van der Waals surface area contributed by atoms with E-state index < -0.39 is 10.9 Å². The van der Waals surface area contributed by atoms with Gasteiger partial charge in [0.1, 0.15) is 10.7 Å². The van der Waals surface area contributed by atoms with Gasteiger partial charge >= 0.3 is 11.9 Å². The van der Waals surface area contributed by atoms with E-state index in [1.165, 1.54) is 37.6 Å². The zero-order valence-corrected chi connectivity index (χ0v) is 10.5. The third-order valence-electron chi connectivity index (χ3n) is 2.41. The molecule has 0 aromatic carbocycles. The molecule has 0 amide bonds. The molecule has 7 heteroatoms. The number of rotatable bonds is 4. The smallest absolute Gasteiger partial charge is 0.433 e. The average Bonchev–Trinajstić information content (AvgIpc) is 2.93. The predicted molar refractivity (Wildman–Crippen MR) is 69.9 cm³/mol. The van der Waals surface area contributed by atoms with Crippen molar-refractivity contribution < 1.29 is 18.9 Å². The molecule has 2 heterocycles. The molecular weight excluding hydrogens is 264 g/mol. The Morgan fingerprint density at radius 1 is 1.40 bits per heavy atom. The zero-order chi connectivity index (χ0) is 14.5. The number of hydrogen-bond donors (Lipinski definition) is 0. The normalized spacial score (nSPS) is 10.7. The van der Waals surface area contributed by atoms with Crippen LogP contribution in [0.5, 0.6) is 0 Å². The van der Waals surface area contributed by atoms with Gasteiger partial charge in [-0.2, -0.15) is 0 Å². The maximum absolute atomic E-state index is 11.4. The second kappa shape index (κ2) is 5.79. The molecule has 0 radical (unpaired) electrons. The lowest BCUT2D eigenvalue weighted by Crippen LogP contribution is -2.01. The summed E-state index contributed by atoms with van der Waals surface area (Å²) in [5.74, 6) is -0.474. The van der Waals surface area contributed by atoms with Crippen LogP contribution in [-0.4, -0.2) is 23.0 Å². The second-order valence-corrected chi connectivity index (χ2v) is 3.73. The third kappa shape index (κ3) is 3.08. The molecule has 0 saturated carbocycles. The van der Waals surface area contributed by atoms with Crippen LogP contribution < -0.4 is 0 Å². The Hall–Kier alpha value is -2.96. The van der Waals surface area contributed by atoms with Crippen molar-refractivity contribution in [3.8, 4) is 0 Å². The molecule has 0 fully saturated rings. The number of ether oxygens (including phenoxy) is 1. The minimum absolute atomic E-state index is 0.321. The number of furan rings is 1. The van der Waals surface area contributed by atoms with Gasteiger partial charge in [-0.3, -0.25) is 15.1 Å². The Kier molecular flexibility index (Phi) is 3.90. The Balaban J connectivity index is 2.18. The number of aromatic nitrogens is 1. The maximum atomic E-state index is 11.4. The van der Waals surface area contributed by atoms with E-state index in [0.717, 1.165) is 0 Å². The number of esters is 1. The Bertz CT molecular complexity index is 675. The van der Waals surface area contributed by atoms with Gasteiger partial charge in [-0.1, -0.05) is 0 Å². The Morgan fingerprint density at radius 2 is 2.20 bits per heavy atom. The van der Waals surface area contributed by atoms with Crippen LogP contribution >= 0.6 is 0 Å². The molecular formula is C13H10N2O5. The van der Waals surface area contributed by atoms with Crippen LogP contribution in [0, 0.1) is 10.1 Å². The van der Waals surface area contributed by atoms with Crippen LogP contribution in [0.2, 0.25) is 0 Å². The predicted octanol–water partition coefficient (Wildman–Crippen LogP) is 2.54. The van der Waals surface area contributed by atoms with E-state index in [9.17, 15) is 14.9 Å². The molecule has 2 aromatic heterocycles.